The molecule has 0 unspecified atom stereocenters. The minimum atomic E-state index is -0.558. The molecule has 156 valence electrons. The number of hydrogen-bond acceptors (Lipinski definition) is 6. The molecule has 1 saturated heterocycles. The molecule has 3 rings (SSSR count). The third-order valence-corrected chi connectivity index (χ3v) is 4.81. The molecule has 1 fully saturated rings. The predicted octanol–water partition coefficient (Wildman–Crippen LogP) is 3.03. The van der Waals surface area contributed by atoms with Crippen LogP contribution in [0.1, 0.15) is 11.1 Å². The van der Waals surface area contributed by atoms with Crippen LogP contribution in [0.5, 0.6) is 17.2 Å². The van der Waals surface area contributed by atoms with E-state index in [1.807, 2.05) is 13.0 Å². The van der Waals surface area contributed by atoms with E-state index in [1.165, 1.54) is 13.2 Å². The van der Waals surface area contributed by atoms with Gasteiger partial charge in [0, 0.05) is 5.02 Å². The minimum absolute atomic E-state index is 0.0144. The maximum absolute atomic E-state index is 12.0. The molecule has 0 atom stereocenters. The van der Waals surface area contributed by atoms with Crippen LogP contribution in [0.15, 0.2) is 42.0 Å². The first-order valence-corrected chi connectivity index (χ1v) is 9.74. The third-order valence-electron chi connectivity index (χ3n) is 4.18. The highest BCUT2D eigenvalue weighted by Gasteiger charge is 2.25. The number of nitrogens with one attached hydrogen (secondary N) is 2. The fourth-order valence-corrected chi connectivity index (χ4v) is 2.99. The highest BCUT2D eigenvalue weighted by molar-refractivity contribution is 7.80. The second-order valence-corrected chi connectivity index (χ2v) is 7.13. The van der Waals surface area contributed by atoms with Crippen LogP contribution in [0.25, 0.3) is 6.08 Å². The van der Waals surface area contributed by atoms with Crippen molar-refractivity contribution >= 4 is 46.8 Å². The molecule has 30 heavy (non-hydrogen) atoms. The number of benzene rings is 2. The summed E-state index contributed by atoms with van der Waals surface area (Å²) in [6, 6.07) is 10.5. The number of rotatable bonds is 7. The number of methoxy groups -OCH3 is 1. The molecule has 7 nitrogen and oxygen atoms in total. The molecule has 0 bridgehead atoms. The van der Waals surface area contributed by atoms with E-state index in [-0.39, 0.29) is 10.7 Å². The van der Waals surface area contributed by atoms with Gasteiger partial charge in [0.1, 0.15) is 24.5 Å². The van der Waals surface area contributed by atoms with Gasteiger partial charge in [0.25, 0.3) is 11.8 Å². The molecule has 1 heterocycles. The van der Waals surface area contributed by atoms with Crippen LogP contribution < -0.4 is 24.8 Å². The van der Waals surface area contributed by atoms with Crippen LogP contribution >= 0.6 is 23.8 Å². The van der Waals surface area contributed by atoms with Crippen molar-refractivity contribution in [2.45, 2.75) is 6.92 Å². The lowest BCUT2D eigenvalue weighted by atomic mass is 10.1. The fourth-order valence-electron chi connectivity index (χ4n) is 2.68. The smallest absolute Gasteiger partial charge is 0.263 e. The number of thiocarbonyl (C=S) groups is 1. The quantitative estimate of drug-likeness (QED) is 0.294. The molecule has 0 aromatic heterocycles. The van der Waals surface area contributed by atoms with Gasteiger partial charge in [-0.3, -0.25) is 20.2 Å². The summed E-state index contributed by atoms with van der Waals surface area (Å²) in [5.41, 5.74) is 1.48. The van der Waals surface area contributed by atoms with Gasteiger partial charge in [0.15, 0.2) is 16.6 Å². The Morgan fingerprint density at radius 3 is 2.37 bits per heavy atom. The number of halogens is 1. The fraction of sp³-hybridized carbons (Fsp3) is 0.190. The van der Waals surface area contributed by atoms with E-state index < -0.39 is 11.8 Å². The normalized spacial score (nSPS) is 13.4. The van der Waals surface area contributed by atoms with Gasteiger partial charge in [-0.1, -0.05) is 17.7 Å². The summed E-state index contributed by atoms with van der Waals surface area (Å²) >= 11 is 10.8. The van der Waals surface area contributed by atoms with Gasteiger partial charge in [-0.25, -0.2) is 0 Å². The van der Waals surface area contributed by atoms with Crippen molar-refractivity contribution in [2.24, 2.45) is 0 Å². The minimum Gasteiger partial charge on any atom is -0.493 e. The lowest BCUT2D eigenvalue weighted by Gasteiger charge is -2.16. The van der Waals surface area contributed by atoms with E-state index in [0.717, 1.165) is 5.56 Å². The Labute approximate surface area is 184 Å². The Morgan fingerprint density at radius 2 is 1.70 bits per heavy atom. The summed E-state index contributed by atoms with van der Waals surface area (Å²) in [4.78, 5) is 23.9. The molecule has 0 spiro atoms. The number of carbonyl (C=O) groups excluding carboxylic acids is 2. The molecule has 0 radical (unpaired) electrons. The zero-order valence-electron chi connectivity index (χ0n) is 16.3. The SMILES string of the molecule is COc1cc(C=C2C(=O)NC(=S)NC2=O)ccc1OCCOc1ccc(Cl)c(C)c1. The first-order chi connectivity index (χ1) is 14.4. The Morgan fingerprint density at radius 1 is 1.00 bits per heavy atom. The van der Waals surface area contributed by atoms with Crippen LogP contribution in [0.4, 0.5) is 0 Å². The van der Waals surface area contributed by atoms with Crippen molar-refractivity contribution in [3.63, 3.8) is 0 Å². The summed E-state index contributed by atoms with van der Waals surface area (Å²) < 4.78 is 16.8. The summed E-state index contributed by atoms with van der Waals surface area (Å²) in [5, 5.41) is 5.45. The predicted molar refractivity (Wildman–Crippen MR) is 117 cm³/mol. The summed E-state index contributed by atoms with van der Waals surface area (Å²) in [7, 11) is 1.50. The topological polar surface area (TPSA) is 85.9 Å². The first-order valence-electron chi connectivity index (χ1n) is 8.95. The zero-order valence-corrected chi connectivity index (χ0v) is 17.9. The molecule has 2 N–H and O–H groups in total. The van der Waals surface area contributed by atoms with Gasteiger partial charge in [0.05, 0.1) is 7.11 Å². The molecule has 9 heteroatoms. The zero-order chi connectivity index (χ0) is 21.7. The average molecular weight is 447 g/mol. The molecule has 2 amide bonds. The Balaban J connectivity index is 1.63. The lowest BCUT2D eigenvalue weighted by Crippen LogP contribution is -2.51. The highest BCUT2D eigenvalue weighted by atomic mass is 35.5. The van der Waals surface area contributed by atoms with Gasteiger partial charge in [-0.15, -0.1) is 0 Å². The summed E-state index contributed by atoms with van der Waals surface area (Å²) in [6.07, 6.45) is 1.45. The number of carbonyl (C=O) groups is 2. The number of hydrogen-bond donors (Lipinski definition) is 2. The van der Waals surface area contributed by atoms with Gasteiger partial charge >= 0.3 is 0 Å². The van der Waals surface area contributed by atoms with Crippen molar-refractivity contribution in [1.29, 1.82) is 0 Å². The molecule has 1 aliphatic rings. The second kappa shape index (κ2) is 9.60. The van der Waals surface area contributed by atoms with Crippen molar-refractivity contribution in [1.82, 2.24) is 10.6 Å². The molecule has 2 aromatic rings. The van der Waals surface area contributed by atoms with E-state index in [9.17, 15) is 9.59 Å². The summed E-state index contributed by atoms with van der Waals surface area (Å²) in [5.74, 6) is 0.557. The van der Waals surface area contributed by atoms with E-state index in [0.29, 0.717) is 41.0 Å². The van der Waals surface area contributed by atoms with Crippen molar-refractivity contribution in [3.05, 3.63) is 58.1 Å². The Bertz CT molecular complexity index is 1020. The van der Waals surface area contributed by atoms with Gasteiger partial charge in [0.2, 0.25) is 0 Å². The molecular formula is C21H19ClN2O5S. The molecule has 1 aliphatic heterocycles. The van der Waals surface area contributed by atoms with Crippen molar-refractivity contribution < 1.29 is 23.8 Å². The van der Waals surface area contributed by atoms with E-state index in [4.69, 9.17) is 38.0 Å². The second-order valence-electron chi connectivity index (χ2n) is 6.31. The first kappa shape index (κ1) is 21.6. The summed E-state index contributed by atoms with van der Waals surface area (Å²) in [6.45, 7) is 2.53. The third kappa shape index (κ3) is 5.28. The lowest BCUT2D eigenvalue weighted by molar-refractivity contribution is -0.123. The highest BCUT2D eigenvalue weighted by Crippen LogP contribution is 2.29. The number of amides is 2. The van der Waals surface area contributed by atoms with E-state index in [2.05, 4.69) is 10.6 Å². The maximum Gasteiger partial charge on any atom is 0.263 e. The number of ether oxygens (including phenoxy) is 3. The monoisotopic (exact) mass is 446 g/mol. The Kier molecular flexibility index (Phi) is 6.91. The van der Waals surface area contributed by atoms with Gasteiger partial charge in [-0.2, -0.15) is 0 Å². The Hall–Kier alpha value is -3.10. The number of aryl methyl sites for hydroxylation is 1. The molecule has 0 saturated carbocycles. The van der Waals surface area contributed by atoms with E-state index >= 15 is 0 Å². The molecule has 2 aromatic carbocycles. The van der Waals surface area contributed by atoms with Gasteiger partial charge < -0.3 is 14.2 Å². The molecule has 0 aliphatic carbocycles. The van der Waals surface area contributed by atoms with Crippen LogP contribution in [0, 0.1) is 6.92 Å². The standard InChI is InChI=1S/C21H19ClN2O5S/c1-12-9-14(4-5-16(12)22)28-7-8-29-17-6-3-13(11-18(17)27-2)10-15-19(25)23-21(30)24-20(15)26/h3-6,9-11H,7-8H2,1-2H3,(H2,23,24,25,26,30). The van der Waals surface area contributed by atoms with Crippen LogP contribution in [-0.4, -0.2) is 37.3 Å². The van der Waals surface area contributed by atoms with Crippen molar-refractivity contribution in [2.75, 3.05) is 20.3 Å². The van der Waals surface area contributed by atoms with Crippen LogP contribution in [0.3, 0.4) is 0 Å². The van der Waals surface area contributed by atoms with Gasteiger partial charge in [-0.05, 0) is 66.7 Å². The molecular weight excluding hydrogens is 428 g/mol. The van der Waals surface area contributed by atoms with Crippen LogP contribution in [0.2, 0.25) is 5.02 Å². The average Bonchev–Trinajstić information content (AvgIpc) is 2.71. The maximum atomic E-state index is 12.0. The largest absolute Gasteiger partial charge is 0.493 e. The van der Waals surface area contributed by atoms with E-state index in [1.54, 1.807) is 30.3 Å². The van der Waals surface area contributed by atoms with Crippen LogP contribution in [-0.2, 0) is 9.59 Å². The van der Waals surface area contributed by atoms with Crippen molar-refractivity contribution in [3.8, 4) is 17.2 Å².